The van der Waals surface area contributed by atoms with Crippen LogP contribution in [-0.2, 0) is 22.5 Å². The van der Waals surface area contributed by atoms with E-state index in [-0.39, 0.29) is 11.9 Å². The van der Waals surface area contributed by atoms with Gasteiger partial charge in [0.1, 0.15) is 6.54 Å². The van der Waals surface area contributed by atoms with Crippen molar-refractivity contribution in [3.05, 3.63) is 102 Å². The molecule has 0 saturated carbocycles. The van der Waals surface area contributed by atoms with Gasteiger partial charge in [-0.1, -0.05) is 55.1 Å². The molecule has 1 amide bonds. The first-order valence-electron chi connectivity index (χ1n) is 12.4. The molecule has 0 spiro atoms. The molecule has 6 heteroatoms. The van der Waals surface area contributed by atoms with Crippen molar-refractivity contribution >= 4 is 17.6 Å². The SMILES string of the molecule is C=C(N)c1cccc(CC(C(=O)OC)C(C)NC(=O)c2ccc(-c3cccc(C[N+](C)(C)C)c3)cc2)c1. The molecule has 3 aromatic rings. The van der Waals surface area contributed by atoms with Gasteiger partial charge in [-0.15, -0.1) is 0 Å². The van der Waals surface area contributed by atoms with Gasteiger partial charge >= 0.3 is 5.97 Å². The van der Waals surface area contributed by atoms with E-state index in [0.29, 0.717) is 17.7 Å². The van der Waals surface area contributed by atoms with Gasteiger partial charge in [0.25, 0.3) is 5.91 Å². The van der Waals surface area contributed by atoms with Crippen LogP contribution in [0.25, 0.3) is 16.8 Å². The smallest absolute Gasteiger partial charge is 0.311 e. The zero-order valence-corrected chi connectivity index (χ0v) is 22.5. The number of ether oxygens (including phenoxy) is 1. The molecule has 3 aromatic carbocycles. The first-order chi connectivity index (χ1) is 17.5. The topological polar surface area (TPSA) is 81.4 Å². The monoisotopic (exact) mass is 500 g/mol. The van der Waals surface area contributed by atoms with E-state index in [1.165, 1.54) is 12.7 Å². The standard InChI is InChI=1S/C31H37N3O3/c1-21(32)27-11-7-9-23(17-27)19-29(31(36)37-6)22(2)33-30(35)26-15-13-25(14-16-26)28-12-8-10-24(18-28)20-34(3,4)5/h7-18,22,29H,1,19-20,32H2,2-6H3/p+1. The fourth-order valence-corrected chi connectivity index (χ4v) is 4.37. The molecule has 0 heterocycles. The molecule has 0 aromatic heterocycles. The zero-order chi connectivity index (χ0) is 27.2. The molecule has 37 heavy (non-hydrogen) atoms. The van der Waals surface area contributed by atoms with Crippen molar-refractivity contribution in [1.29, 1.82) is 0 Å². The summed E-state index contributed by atoms with van der Waals surface area (Å²) in [5, 5.41) is 2.98. The van der Waals surface area contributed by atoms with Crippen molar-refractivity contribution < 1.29 is 18.8 Å². The molecule has 2 unspecified atom stereocenters. The van der Waals surface area contributed by atoms with Gasteiger partial charge in [0.15, 0.2) is 0 Å². The molecule has 3 rings (SSSR count). The lowest BCUT2D eigenvalue weighted by molar-refractivity contribution is -0.884. The fraction of sp³-hybridized carbons (Fsp3) is 0.290. The third-order valence-corrected chi connectivity index (χ3v) is 6.28. The fourth-order valence-electron chi connectivity index (χ4n) is 4.37. The number of nitrogens with one attached hydrogen (secondary N) is 1. The normalized spacial score (nSPS) is 12.9. The maximum absolute atomic E-state index is 13.0. The van der Waals surface area contributed by atoms with Gasteiger partial charge in [-0.25, -0.2) is 0 Å². The molecular formula is C31H38N3O3+. The molecule has 3 N–H and O–H groups in total. The number of nitrogens with two attached hydrogens (primary N) is 1. The summed E-state index contributed by atoms with van der Waals surface area (Å²) in [5.41, 5.74) is 11.9. The van der Waals surface area contributed by atoms with Gasteiger partial charge in [0.05, 0.1) is 34.2 Å². The van der Waals surface area contributed by atoms with Crippen LogP contribution in [0.5, 0.6) is 0 Å². The predicted molar refractivity (Wildman–Crippen MR) is 149 cm³/mol. The lowest BCUT2D eigenvalue weighted by Crippen LogP contribution is -2.42. The summed E-state index contributed by atoms with van der Waals surface area (Å²) in [7, 11) is 7.86. The van der Waals surface area contributed by atoms with Crippen LogP contribution in [0.2, 0.25) is 0 Å². The molecule has 0 aliphatic heterocycles. The molecule has 0 fully saturated rings. The Hall–Kier alpha value is -3.90. The van der Waals surface area contributed by atoms with E-state index in [0.717, 1.165) is 33.3 Å². The van der Waals surface area contributed by atoms with E-state index in [1.807, 2.05) is 55.5 Å². The first-order valence-corrected chi connectivity index (χ1v) is 12.4. The molecule has 0 radical (unpaired) electrons. The molecule has 0 aliphatic carbocycles. The molecule has 194 valence electrons. The number of quaternary nitrogens is 1. The van der Waals surface area contributed by atoms with Crippen LogP contribution >= 0.6 is 0 Å². The lowest BCUT2D eigenvalue weighted by Gasteiger charge is -2.24. The highest BCUT2D eigenvalue weighted by Gasteiger charge is 2.28. The Morgan fingerprint density at radius 3 is 2.19 bits per heavy atom. The van der Waals surface area contributed by atoms with E-state index >= 15 is 0 Å². The minimum atomic E-state index is -0.557. The second-order valence-electron chi connectivity index (χ2n) is 10.5. The summed E-state index contributed by atoms with van der Waals surface area (Å²) >= 11 is 0. The number of benzene rings is 3. The second-order valence-corrected chi connectivity index (χ2v) is 10.5. The molecular weight excluding hydrogens is 462 g/mol. The van der Waals surface area contributed by atoms with Crippen LogP contribution in [0.15, 0.2) is 79.4 Å². The van der Waals surface area contributed by atoms with Gasteiger partial charge in [-0.05, 0) is 59.9 Å². The van der Waals surface area contributed by atoms with Crippen LogP contribution in [0.3, 0.4) is 0 Å². The molecule has 0 bridgehead atoms. The van der Waals surface area contributed by atoms with Crippen molar-refractivity contribution in [3.63, 3.8) is 0 Å². The third kappa shape index (κ3) is 7.79. The van der Waals surface area contributed by atoms with Crippen LogP contribution in [0.4, 0.5) is 0 Å². The number of methoxy groups -OCH3 is 1. The Kier molecular flexibility index (Phi) is 8.90. The summed E-state index contributed by atoms with van der Waals surface area (Å²) in [6.07, 6.45) is 0.401. The Morgan fingerprint density at radius 1 is 0.919 bits per heavy atom. The number of carbonyl (C=O) groups is 2. The Balaban J connectivity index is 1.72. The minimum absolute atomic E-state index is 0.240. The van der Waals surface area contributed by atoms with Crippen molar-refractivity contribution in [1.82, 2.24) is 5.32 Å². The van der Waals surface area contributed by atoms with Gasteiger partial charge in [-0.2, -0.15) is 0 Å². The number of carbonyl (C=O) groups excluding carboxylic acids is 2. The summed E-state index contributed by atoms with van der Waals surface area (Å²) < 4.78 is 5.89. The van der Waals surface area contributed by atoms with Crippen LogP contribution in [-0.4, -0.2) is 50.7 Å². The maximum atomic E-state index is 13.0. The quantitative estimate of drug-likeness (QED) is 0.314. The highest BCUT2D eigenvalue weighted by Crippen LogP contribution is 2.23. The molecule has 0 aliphatic rings. The minimum Gasteiger partial charge on any atom is -0.469 e. The first kappa shape index (κ1) is 27.7. The summed E-state index contributed by atoms with van der Waals surface area (Å²) in [6.45, 7) is 6.52. The Morgan fingerprint density at radius 2 is 1.57 bits per heavy atom. The van der Waals surface area contributed by atoms with E-state index in [9.17, 15) is 9.59 Å². The van der Waals surface area contributed by atoms with Crippen LogP contribution in [0, 0.1) is 5.92 Å². The number of hydrogen-bond acceptors (Lipinski definition) is 4. The largest absolute Gasteiger partial charge is 0.469 e. The average molecular weight is 501 g/mol. The Bertz CT molecular complexity index is 1260. The summed E-state index contributed by atoms with van der Waals surface area (Å²) in [4.78, 5) is 25.6. The summed E-state index contributed by atoms with van der Waals surface area (Å²) in [5.74, 6) is -1.18. The van der Waals surface area contributed by atoms with Crippen molar-refractivity contribution in [3.8, 4) is 11.1 Å². The number of rotatable bonds is 10. The Labute approximate surface area is 220 Å². The van der Waals surface area contributed by atoms with E-state index < -0.39 is 12.0 Å². The van der Waals surface area contributed by atoms with Gasteiger partial charge in [-0.3, -0.25) is 9.59 Å². The van der Waals surface area contributed by atoms with E-state index in [2.05, 4.69) is 57.3 Å². The number of nitrogens with zero attached hydrogens (tertiary/aromatic N) is 1. The van der Waals surface area contributed by atoms with Crippen LogP contribution < -0.4 is 11.1 Å². The van der Waals surface area contributed by atoms with E-state index in [1.54, 1.807) is 0 Å². The molecule has 2 atom stereocenters. The summed E-state index contributed by atoms with van der Waals surface area (Å²) in [6, 6.07) is 23.1. The number of esters is 1. The average Bonchev–Trinajstić information content (AvgIpc) is 2.86. The van der Waals surface area contributed by atoms with Crippen molar-refractivity contribution in [2.75, 3.05) is 28.3 Å². The molecule has 6 nitrogen and oxygen atoms in total. The number of hydrogen-bond donors (Lipinski definition) is 2. The van der Waals surface area contributed by atoms with Gasteiger partial charge in [0, 0.05) is 22.9 Å². The predicted octanol–water partition coefficient (Wildman–Crippen LogP) is 4.64. The van der Waals surface area contributed by atoms with Crippen LogP contribution in [0.1, 0.15) is 34.0 Å². The lowest BCUT2D eigenvalue weighted by atomic mass is 9.91. The highest BCUT2D eigenvalue weighted by molar-refractivity contribution is 5.95. The van der Waals surface area contributed by atoms with Gasteiger partial charge < -0.3 is 20.3 Å². The highest BCUT2D eigenvalue weighted by atomic mass is 16.5. The van der Waals surface area contributed by atoms with Crippen molar-refractivity contribution in [2.24, 2.45) is 11.7 Å². The van der Waals surface area contributed by atoms with Crippen molar-refractivity contribution in [2.45, 2.75) is 25.9 Å². The van der Waals surface area contributed by atoms with Gasteiger partial charge in [0.2, 0.25) is 0 Å². The third-order valence-electron chi connectivity index (χ3n) is 6.28. The number of amides is 1. The molecule has 0 saturated heterocycles. The van der Waals surface area contributed by atoms with E-state index in [4.69, 9.17) is 10.5 Å². The zero-order valence-electron chi connectivity index (χ0n) is 22.5. The maximum Gasteiger partial charge on any atom is 0.311 e. The second kappa shape index (κ2) is 11.9.